The summed E-state index contributed by atoms with van der Waals surface area (Å²) in [6.07, 6.45) is 0.839. The molecule has 0 saturated carbocycles. The number of nitrogens with two attached hydrogens (primary N) is 1. The minimum Gasteiger partial charge on any atom is -0.451 e. The number of nitrogens with one attached hydrogen (secondary N) is 1. The number of aliphatic hydroxyl groups excluding tert-OH is 1. The first-order valence-corrected chi connectivity index (χ1v) is 6.35. The summed E-state index contributed by atoms with van der Waals surface area (Å²) in [5.41, 5.74) is 6.93. The highest BCUT2D eigenvalue weighted by atomic mass is 16.3. The first kappa shape index (κ1) is 13.4. The molecule has 0 fully saturated rings. The Morgan fingerprint density at radius 3 is 3.00 bits per heavy atom. The molecule has 2 aromatic rings. The third-order valence-corrected chi connectivity index (χ3v) is 3.00. The highest BCUT2D eigenvalue weighted by Gasteiger charge is 2.12. The van der Waals surface area contributed by atoms with Gasteiger partial charge in [-0.1, -0.05) is 6.92 Å². The molecule has 102 valence electrons. The van der Waals surface area contributed by atoms with Gasteiger partial charge in [0.1, 0.15) is 5.58 Å². The summed E-state index contributed by atoms with van der Waals surface area (Å²) in [5.74, 6) is -0.0235. The average Bonchev–Trinajstić information content (AvgIpc) is 2.81. The fourth-order valence-corrected chi connectivity index (χ4v) is 1.82. The molecule has 19 heavy (non-hydrogen) atoms. The Kier molecular flexibility index (Phi) is 4.06. The molecule has 0 saturated heterocycles. The molecule has 1 aromatic heterocycles. The van der Waals surface area contributed by atoms with E-state index in [1.165, 1.54) is 0 Å². The normalized spacial score (nSPS) is 12.5. The highest BCUT2D eigenvalue weighted by Crippen LogP contribution is 2.21. The Morgan fingerprint density at radius 2 is 2.26 bits per heavy atom. The number of nitrogen functional groups attached to an aromatic ring is 1. The van der Waals surface area contributed by atoms with Crippen molar-refractivity contribution in [3.05, 3.63) is 30.0 Å². The maximum absolute atomic E-state index is 11.9. The van der Waals surface area contributed by atoms with Gasteiger partial charge < -0.3 is 20.6 Å². The van der Waals surface area contributed by atoms with Crippen LogP contribution in [0.15, 0.2) is 28.7 Å². The van der Waals surface area contributed by atoms with Gasteiger partial charge in [-0.15, -0.1) is 0 Å². The van der Waals surface area contributed by atoms with E-state index in [4.69, 9.17) is 10.2 Å². The maximum Gasteiger partial charge on any atom is 0.287 e. The molecule has 1 unspecified atom stereocenters. The number of rotatable bonds is 5. The van der Waals surface area contributed by atoms with E-state index >= 15 is 0 Å². The molecule has 0 aliphatic rings. The number of furan rings is 1. The zero-order valence-corrected chi connectivity index (χ0v) is 10.8. The third-order valence-electron chi connectivity index (χ3n) is 3.00. The predicted octanol–water partition coefficient (Wildman–Crippen LogP) is 1.91. The zero-order valence-electron chi connectivity index (χ0n) is 10.8. The fraction of sp³-hybridized carbons (Fsp3) is 0.357. The molecule has 0 spiro atoms. The number of benzene rings is 1. The molecule has 0 aliphatic heterocycles. The van der Waals surface area contributed by atoms with Gasteiger partial charge in [-0.3, -0.25) is 4.79 Å². The summed E-state index contributed by atoms with van der Waals surface area (Å²) in [7, 11) is 0. The summed E-state index contributed by atoms with van der Waals surface area (Å²) in [4.78, 5) is 11.9. The van der Waals surface area contributed by atoms with Crippen molar-refractivity contribution in [1.82, 2.24) is 5.32 Å². The second-order valence-corrected chi connectivity index (χ2v) is 4.51. The zero-order chi connectivity index (χ0) is 13.8. The lowest BCUT2D eigenvalue weighted by atomic mass is 10.2. The number of fused-ring (bicyclic) bond motifs is 1. The average molecular weight is 262 g/mol. The molecular weight excluding hydrogens is 244 g/mol. The van der Waals surface area contributed by atoms with E-state index in [2.05, 4.69) is 5.32 Å². The van der Waals surface area contributed by atoms with Crippen LogP contribution in [0.2, 0.25) is 0 Å². The van der Waals surface area contributed by atoms with Crippen LogP contribution in [0.4, 0.5) is 5.69 Å². The summed E-state index contributed by atoms with van der Waals surface area (Å²) >= 11 is 0. The first-order valence-electron chi connectivity index (χ1n) is 6.35. The van der Waals surface area contributed by atoms with Gasteiger partial charge in [-0.2, -0.15) is 0 Å². The smallest absolute Gasteiger partial charge is 0.287 e. The lowest BCUT2D eigenvalue weighted by Gasteiger charge is -2.07. The van der Waals surface area contributed by atoms with Gasteiger partial charge in [0.25, 0.3) is 5.91 Å². The summed E-state index contributed by atoms with van der Waals surface area (Å²) in [6, 6.07) is 6.89. The summed E-state index contributed by atoms with van der Waals surface area (Å²) in [6.45, 7) is 2.32. The van der Waals surface area contributed by atoms with E-state index in [1.54, 1.807) is 24.3 Å². The van der Waals surface area contributed by atoms with Crippen molar-refractivity contribution in [2.45, 2.75) is 25.9 Å². The molecule has 0 bridgehead atoms. The first-order chi connectivity index (χ1) is 9.10. The second-order valence-electron chi connectivity index (χ2n) is 4.51. The van der Waals surface area contributed by atoms with Crippen LogP contribution >= 0.6 is 0 Å². The summed E-state index contributed by atoms with van der Waals surface area (Å²) < 4.78 is 5.44. The van der Waals surface area contributed by atoms with Gasteiger partial charge >= 0.3 is 0 Å². The van der Waals surface area contributed by atoms with Crippen molar-refractivity contribution in [1.29, 1.82) is 0 Å². The largest absolute Gasteiger partial charge is 0.451 e. The van der Waals surface area contributed by atoms with Gasteiger partial charge in [-0.25, -0.2) is 0 Å². The molecular formula is C14H18N2O3. The van der Waals surface area contributed by atoms with Crippen LogP contribution in [0.1, 0.15) is 30.3 Å². The quantitative estimate of drug-likeness (QED) is 0.718. The van der Waals surface area contributed by atoms with E-state index in [9.17, 15) is 9.90 Å². The van der Waals surface area contributed by atoms with Gasteiger partial charge in [-0.05, 0) is 37.1 Å². The van der Waals surface area contributed by atoms with E-state index in [-0.39, 0.29) is 17.8 Å². The van der Waals surface area contributed by atoms with Crippen LogP contribution < -0.4 is 11.1 Å². The summed E-state index contributed by atoms with van der Waals surface area (Å²) in [5, 5.41) is 12.9. The minimum atomic E-state index is -0.379. The Hall–Kier alpha value is -2.01. The van der Waals surface area contributed by atoms with E-state index < -0.39 is 0 Å². The van der Waals surface area contributed by atoms with E-state index in [0.29, 0.717) is 30.7 Å². The molecule has 1 heterocycles. The molecule has 5 nitrogen and oxygen atoms in total. The monoisotopic (exact) mass is 262 g/mol. The van der Waals surface area contributed by atoms with Gasteiger partial charge in [0.05, 0.1) is 6.10 Å². The maximum atomic E-state index is 11.9. The number of anilines is 1. The molecule has 0 radical (unpaired) electrons. The van der Waals surface area contributed by atoms with Crippen LogP contribution in [0.3, 0.4) is 0 Å². The van der Waals surface area contributed by atoms with E-state index in [1.807, 2.05) is 6.92 Å². The van der Waals surface area contributed by atoms with Crippen LogP contribution in [-0.4, -0.2) is 23.7 Å². The molecule has 5 heteroatoms. The molecule has 4 N–H and O–H groups in total. The number of carbonyl (C=O) groups is 1. The number of hydrogen-bond donors (Lipinski definition) is 3. The lowest BCUT2D eigenvalue weighted by Crippen LogP contribution is -2.26. The Balaban J connectivity index is 2.01. The van der Waals surface area contributed by atoms with Crippen LogP contribution in [0.25, 0.3) is 11.0 Å². The second kappa shape index (κ2) is 5.75. The predicted molar refractivity (Wildman–Crippen MR) is 73.9 cm³/mol. The lowest BCUT2D eigenvalue weighted by molar-refractivity contribution is 0.0916. The molecule has 1 aromatic carbocycles. The molecule has 1 amide bonds. The van der Waals surface area contributed by atoms with Crippen LogP contribution in [0.5, 0.6) is 0 Å². The number of hydrogen-bond acceptors (Lipinski definition) is 4. The van der Waals surface area contributed by atoms with Gasteiger partial charge in [0.2, 0.25) is 0 Å². The van der Waals surface area contributed by atoms with Crippen molar-refractivity contribution in [3.63, 3.8) is 0 Å². The van der Waals surface area contributed by atoms with Crippen molar-refractivity contribution >= 4 is 22.6 Å². The number of carbonyl (C=O) groups excluding carboxylic acids is 1. The Labute approximate surface area is 111 Å². The SMILES string of the molecule is CCC(O)CCNC(=O)c1cc2cc(N)ccc2o1. The van der Waals surface area contributed by atoms with Crippen LogP contribution in [0, 0.1) is 0 Å². The standard InChI is InChI=1S/C14H18N2O3/c1-2-11(17)5-6-16-14(18)13-8-9-7-10(15)3-4-12(9)19-13/h3-4,7-8,11,17H,2,5-6,15H2,1H3,(H,16,18). The fourth-order valence-electron chi connectivity index (χ4n) is 1.82. The van der Waals surface area contributed by atoms with Crippen molar-refractivity contribution in [3.8, 4) is 0 Å². The minimum absolute atomic E-state index is 0.256. The Bertz CT molecular complexity index is 577. The highest BCUT2D eigenvalue weighted by molar-refractivity contribution is 5.96. The van der Waals surface area contributed by atoms with Crippen molar-refractivity contribution in [2.24, 2.45) is 0 Å². The van der Waals surface area contributed by atoms with Crippen LogP contribution in [-0.2, 0) is 0 Å². The molecule has 0 aliphatic carbocycles. The molecule has 1 atom stereocenters. The van der Waals surface area contributed by atoms with Gasteiger partial charge in [0.15, 0.2) is 5.76 Å². The Morgan fingerprint density at radius 1 is 1.47 bits per heavy atom. The topological polar surface area (TPSA) is 88.5 Å². The van der Waals surface area contributed by atoms with Gasteiger partial charge in [0, 0.05) is 17.6 Å². The number of aliphatic hydroxyl groups is 1. The van der Waals surface area contributed by atoms with Crippen molar-refractivity contribution < 1.29 is 14.3 Å². The van der Waals surface area contributed by atoms with Crippen molar-refractivity contribution in [2.75, 3.05) is 12.3 Å². The number of amides is 1. The third kappa shape index (κ3) is 3.26. The van der Waals surface area contributed by atoms with E-state index in [0.717, 1.165) is 5.39 Å². The molecule has 2 rings (SSSR count).